The van der Waals surface area contributed by atoms with Gasteiger partial charge in [-0.15, -0.1) is 0 Å². The number of nitrogens with one attached hydrogen (secondary N) is 3. The molecule has 0 aliphatic heterocycles. The summed E-state index contributed by atoms with van der Waals surface area (Å²) in [5.74, 6) is -0.518. The summed E-state index contributed by atoms with van der Waals surface area (Å²) in [6.07, 6.45) is 2.06. The van der Waals surface area contributed by atoms with Crippen molar-refractivity contribution >= 4 is 28.6 Å². The number of hydrogen-bond donors (Lipinski definition) is 3. The van der Waals surface area contributed by atoms with Crippen LogP contribution in [0.15, 0.2) is 18.2 Å². The van der Waals surface area contributed by atoms with Crippen molar-refractivity contribution in [3.8, 4) is 0 Å². The molecular weight excluding hydrogens is 260 g/mol. The van der Waals surface area contributed by atoms with Crippen molar-refractivity contribution < 1.29 is 14.3 Å². The fourth-order valence-electron chi connectivity index (χ4n) is 1.92. The maximum atomic E-state index is 11.7. The molecule has 3 N–H and O–H groups in total. The number of methoxy groups -OCH3 is 1. The van der Waals surface area contributed by atoms with Gasteiger partial charge in [0.05, 0.1) is 12.6 Å². The maximum Gasteiger partial charge on any atom is 0.359 e. The quantitative estimate of drug-likeness (QED) is 0.741. The van der Waals surface area contributed by atoms with E-state index in [2.05, 4.69) is 25.6 Å². The lowest BCUT2D eigenvalue weighted by Gasteiger charge is -2.06. The van der Waals surface area contributed by atoms with Gasteiger partial charge >= 0.3 is 12.0 Å². The van der Waals surface area contributed by atoms with E-state index in [9.17, 15) is 9.59 Å². The number of carbonyl (C=O) groups is 2. The molecule has 2 amide bonds. The van der Waals surface area contributed by atoms with Crippen molar-refractivity contribution in [1.82, 2.24) is 15.5 Å². The van der Waals surface area contributed by atoms with E-state index in [4.69, 9.17) is 0 Å². The van der Waals surface area contributed by atoms with Gasteiger partial charge in [-0.3, -0.25) is 5.10 Å². The first-order valence-corrected chi connectivity index (χ1v) is 6.31. The lowest BCUT2D eigenvalue weighted by atomic mass is 10.2. The van der Waals surface area contributed by atoms with E-state index in [1.165, 1.54) is 7.11 Å². The number of carbonyl (C=O) groups excluding carboxylic acids is 2. The molecule has 0 spiro atoms. The van der Waals surface area contributed by atoms with E-state index in [1.54, 1.807) is 18.2 Å². The Bertz CT molecular complexity index is 675. The van der Waals surface area contributed by atoms with Crippen LogP contribution in [0.2, 0.25) is 0 Å². The number of aromatic nitrogens is 2. The van der Waals surface area contributed by atoms with Gasteiger partial charge in [-0.1, -0.05) is 0 Å². The van der Waals surface area contributed by atoms with Crippen LogP contribution in [0.25, 0.3) is 10.9 Å². The third-order valence-electron chi connectivity index (χ3n) is 3.11. The molecule has 7 nitrogen and oxygen atoms in total. The summed E-state index contributed by atoms with van der Waals surface area (Å²) in [6.45, 7) is 0. The molecule has 1 fully saturated rings. The number of hydrogen-bond acceptors (Lipinski definition) is 4. The molecule has 2 aromatic rings. The molecule has 20 heavy (non-hydrogen) atoms. The Morgan fingerprint density at radius 2 is 2.20 bits per heavy atom. The van der Waals surface area contributed by atoms with Crippen LogP contribution in [0, 0.1) is 0 Å². The molecule has 3 rings (SSSR count). The van der Waals surface area contributed by atoms with Gasteiger partial charge in [0, 0.05) is 17.1 Å². The smallest absolute Gasteiger partial charge is 0.359 e. The second-order valence-electron chi connectivity index (χ2n) is 4.70. The Hall–Kier alpha value is -2.57. The lowest BCUT2D eigenvalue weighted by Crippen LogP contribution is -2.30. The molecule has 1 aliphatic rings. The summed E-state index contributed by atoms with van der Waals surface area (Å²) in [5, 5.41) is 12.8. The van der Waals surface area contributed by atoms with Gasteiger partial charge in [-0.05, 0) is 31.0 Å². The second kappa shape index (κ2) is 4.84. The van der Waals surface area contributed by atoms with Gasteiger partial charge in [-0.25, -0.2) is 9.59 Å². The monoisotopic (exact) mass is 274 g/mol. The highest BCUT2D eigenvalue weighted by molar-refractivity contribution is 6.03. The summed E-state index contributed by atoms with van der Waals surface area (Å²) < 4.78 is 4.66. The Morgan fingerprint density at radius 1 is 1.40 bits per heavy atom. The van der Waals surface area contributed by atoms with Crippen molar-refractivity contribution in [2.24, 2.45) is 0 Å². The number of rotatable bonds is 3. The topological polar surface area (TPSA) is 96.1 Å². The average molecular weight is 274 g/mol. The molecular formula is C13H14N4O3. The number of H-pyrrole nitrogens is 1. The number of aromatic amines is 1. The summed E-state index contributed by atoms with van der Waals surface area (Å²) in [5.41, 5.74) is 1.51. The predicted octanol–water partition coefficient (Wildman–Crippen LogP) is 1.63. The number of esters is 1. The molecule has 0 bridgehead atoms. The number of urea groups is 1. The predicted molar refractivity (Wildman–Crippen MR) is 72.6 cm³/mol. The van der Waals surface area contributed by atoms with Gasteiger partial charge in [0.1, 0.15) is 0 Å². The van der Waals surface area contributed by atoms with E-state index in [1.807, 2.05) is 0 Å². The summed E-state index contributed by atoms with van der Waals surface area (Å²) >= 11 is 0. The number of fused-ring (bicyclic) bond motifs is 1. The first kappa shape index (κ1) is 12.5. The number of ether oxygens (including phenoxy) is 1. The first-order chi connectivity index (χ1) is 9.67. The minimum atomic E-state index is -0.518. The molecule has 7 heteroatoms. The molecule has 1 heterocycles. The number of benzene rings is 1. The average Bonchev–Trinajstić information content (AvgIpc) is 3.14. The van der Waals surface area contributed by atoms with Gasteiger partial charge in [-0.2, -0.15) is 5.10 Å². The van der Waals surface area contributed by atoms with E-state index < -0.39 is 5.97 Å². The van der Waals surface area contributed by atoms with Crippen LogP contribution in [0.3, 0.4) is 0 Å². The van der Waals surface area contributed by atoms with Crippen LogP contribution < -0.4 is 10.6 Å². The molecule has 0 saturated heterocycles. The van der Waals surface area contributed by atoms with Crippen LogP contribution >= 0.6 is 0 Å². The highest BCUT2D eigenvalue weighted by Crippen LogP contribution is 2.22. The zero-order chi connectivity index (χ0) is 14.1. The molecule has 1 aromatic carbocycles. The normalized spacial score (nSPS) is 14.1. The number of anilines is 1. The highest BCUT2D eigenvalue weighted by Gasteiger charge is 2.23. The summed E-state index contributed by atoms with van der Waals surface area (Å²) in [4.78, 5) is 23.2. The Morgan fingerprint density at radius 3 is 2.90 bits per heavy atom. The molecule has 1 aliphatic carbocycles. The minimum Gasteiger partial charge on any atom is -0.464 e. The van der Waals surface area contributed by atoms with Crippen LogP contribution in [0.5, 0.6) is 0 Å². The van der Waals surface area contributed by atoms with Crippen molar-refractivity contribution in [2.75, 3.05) is 12.4 Å². The second-order valence-corrected chi connectivity index (χ2v) is 4.70. The molecule has 1 aromatic heterocycles. The minimum absolute atomic E-state index is 0.203. The van der Waals surface area contributed by atoms with Crippen LogP contribution in [0.4, 0.5) is 10.5 Å². The van der Waals surface area contributed by atoms with Crippen LogP contribution in [-0.2, 0) is 4.74 Å². The van der Waals surface area contributed by atoms with Gasteiger partial charge in [0.2, 0.25) is 0 Å². The summed E-state index contributed by atoms with van der Waals surface area (Å²) in [7, 11) is 1.30. The molecule has 0 radical (unpaired) electrons. The van der Waals surface area contributed by atoms with Gasteiger partial charge < -0.3 is 15.4 Å². The van der Waals surface area contributed by atoms with E-state index in [-0.39, 0.29) is 11.7 Å². The Balaban J connectivity index is 1.84. The van der Waals surface area contributed by atoms with E-state index in [0.29, 0.717) is 22.6 Å². The first-order valence-electron chi connectivity index (χ1n) is 6.31. The SMILES string of the molecule is COC(=O)c1n[nH]c2ccc(NC(=O)NC3CC3)cc12. The number of nitrogens with zero attached hydrogens (tertiary/aromatic N) is 1. The highest BCUT2D eigenvalue weighted by atomic mass is 16.5. The Kier molecular flexibility index (Phi) is 3.02. The fourth-order valence-corrected chi connectivity index (χ4v) is 1.92. The van der Waals surface area contributed by atoms with E-state index in [0.717, 1.165) is 12.8 Å². The van der Waals surface area contributed by atoms with Crippen LogP contribution in [-0.4, -0.2) is 35.3 Å². The third-order valence-corrected chi connectivity index (χ3v) is 3.11. The van der Waals surface area contributed by atoms with Crippen molar-refractivity contribution in [2.45, 2.75) is 18.9 Å². The molecule has 104 valence electrons. The van der Waals surface area contributed by atoms with Gasteiger partial charge in [0.15, 0.2) is 5.69 Å². The third kappa shape index (κ3) is 2.42. The number of amides is 2. The van der Waals surface area contributed by atoms with Gasteiger partial charge in [0.25, 0.3) is 0 Å². The largest absolute Gasteiger partial charge is 0.464 e. The zero-order valence-electron chi connectivity index (χ0n) is 10.9. The molecule has 0 unspecified atom stereocenters. The lowest BCUT2D eigenvalue weighted by molar-refractivity contribution is 0.0596. The Labute approximate surface area is 114 Å². The standard InChI is InChI=1S/C13H14N4O3/c1-20-12(18)11-9-6-8(4-5-10(9)16-17-11)15-13(19)14-7-2-3-7/h4-7H,2-3H2,1H3,(H,16,17)(H2,14,15,19). The zero-order valence-corrected chi connectivity index (χ0v) is 10.9. The molecule has 1 saturated carbocycles. The van der Waals surface area contributed by atoms with E-state index >= 15 is 0 Å². The van der Waals surface area contributed by atoms with Crippen molar-refractivity contribution in [3.05, 3.63) is 23.9 Å². The van der Waals surface area contributed by atoms with Crippen molar-refractivity contribution in [3.63, 3.8) is 0 Å². The fraction of sp³-hybridized carbons (Fsp3) is 0.308. The summed E-state index contributed by atoms with van der Waals surface area (Å²) in [6, 6.07) is 5.24. The maximum absolute atomic E-state index is 11.7. The van der Waals surface area contributed by atoms with Crippen molar-refractivity contribution in [1.29, 1.82) is 0 Å². The molecule has 0 atom stereocenters. The van der Waals surface area contributed by atoms with Crippen LogP contribution in [0.1, 0.15) is 23.3 Å².